The molecule has 0 spiro atoms. The van der Waals surface area contributed by atoms with Crippen molar-refractivity contribution in [2.45, 2.75) is 13.8 Å². The van der Waals surface area contributed by atoms with Gasteiger partial charge in [-0.05, 0) is 47.0 Å². The molecule has 0 aliphatic heterocycles. The topological polar surface area (TPSA) is 50.2 Å². The predicted octanol–water partition coefficient (Wildman–Crippen LogP) is 3.89. The number of nitrogens with zero attached hydrogens (tertiary/aromatic N) is 1. The molecule has 0 amide bonds. The Morgan fingerprint density at radius 2 is 2.06 bits per heavy atom. The number of halogens is 1. The lowest BCUT2D eigenvalue weighted by Gasteiger charge is -2.03. The van der Waals surface area contributed by atoms with Crippen molar-refractivity contribution in [2.24, 2.45) is 0 Å². The van der Waals surface area contributed by atoms with Crippen LogP contribution in [0, 0.1) is 13.8 Å². The number of rotatable bonds is 2. The smallest absolute Gasteiger partial charge is 0.348 e. The van der Waals surface area contributed by atoms with Gasteiger partial charge < -0.3 is 5.11 Å². The van der Waals surface area contributed by atoms with Crippen molar-refractivity contribution in [2.75, 3.05) is 0 Å². The minimum Gasteiger partial charge on any atom is -0.477 e. The van der Waals surface area contributed by atoms with Crippen LogP contribution in [0.4, 0.5) is 0 Å². The maximum absolute atomic E-state index is 11.1. The highest BCUT2D eigenvalue weighted by atomic mass is 79.9. The molecule has 0 aliphatic rings. The van der Waals surface area contributed by atoms with E-state index in [1.54, 1.807) is 0 Å². The maximum atomic E-state index is 11.1. The van der Waals surface area contributed by atoms with Gasteiger partial charge in [0.15, 0.2) is 3.92 Å². The van der Waals surface area contributed by atoms with Crippen molar-refractivity contribution in [3.8, 4) is 11.3 Å². The fourth-order valence-corrected chi connectivity index (χ4v) is 2.84. The molecule has 1 aromatic heterocycles. The predicted molar refractivity (Wildman–Crippen MR) is 71.7 cm³/mol. The molecule has 1 heterocycles. The molecule has 1 aromatic carbocycles. The normalized spacial score (nSPS) is 10.5. The molecule has 3 nitrogen and oxygen atoms in total. The number of carboxylic acids is 1. The molecule has 0 saturated heterocycles. The Labute approximate surface area is 111 Å². The highest BCUT2D eigenvalue weighted by molar-refractivity contribution is 9.11. The first-order valence-corrected chi connectivity index (χ1v) is 6.57. The minimum absolute atomic E-state index is 0.264. The molecule has 17 heavy (non-hydrogen) atoms. The van der Waals surface area contributed by atoms with Gasteiger partial charge in [0.2, 0.25) is 0 Å². The van der Waals surface area contributed by atoms with Crippen molar-refractivity contribution in [3.63, 3.8) is 0 Å². The molecule has 2 aromatic rings. The van der Waals surface area contributed by atoms with E-state index in [-0.39, 0.29) is 4.88 Å². The Morgan fingerprint density at radius 1 is 1.35 bits per heavy atom. The van der Waals surface area contributed by atoms with Crippen LogP contribution in [0.2, 0.25) is 0 Å². The SMILES string of the molecule is Cc1ccc(-c2nc(Br)sc2C(=O)O)cc1C. The number of aromatic nitrogens is 1. The van der Waals surface area contributed by atoms with Crippen molar-refractivity contribution in [1.82, 2.24) is 4.98 Å². The molecular formula is C12H10BrNO2S. The van der Waals surface area contributed by atoms with Crippen molar-refractivity contribution in [1.29, 1.82) is 0 Å². The van der Waals surface area contributed by atoms with E-state index >= 15 is 0 Å². The third-order valence-corrected chi connectivity index (χ3v) is 4.07. The zero-order valence-corrected chi connectivity index (χ0v) is 11.7. The van der Waals surface area contributed by atoms with Gasteiger partial charge >= 0.3 is 5.97 Å². The molecule has 2 rings (SSSR count). The second-order valence-electron chi connectivity index (χ2n) is 3.75. The van der Waals surface area contributed by atoms with Crippen LogP contribution in [0.15, 0.2) is 22.1 Å². The van der Waals surface area contributed by atoms with Crippen LogP contribution in [0.1, 0.15) is 20.8 Å². The van der Waals surface area contributed by atoms with Gasteiger partial charge in [0.05, 0.1) is 5.69 Å². The fraction of sp³-hybridized carbons (Fsp3) is 0.167. The molecule has 0 saturated carbocycles. The van der Waals surface area contributed by atoms with Crippen molar-refractivity contribution in [3.05, 3.63) is 38.1 Å². The quantitative estimate of drug-likeness (QED) is 0.915. The van der Waals surface area contributed by atoms with Crippen LogP contribution in [0.25, 0.3) is 11.3 Å². The van der Waals surface area contributed by atoms with E-state index in [9.17, 15) is 4.79 Å². The van der Waals surface area contributed by atoms with Gasteiger partial charge in [-0.2, -0.15) is 0 Å². The summed E-state index contributed by atoms with van der Waals surface area (Å²) in [7, 11) is 0. The minimum atomic E-state index is -0.943. The maximum Gasteiger partial charge on any atom is 0.348 e. The largest absolute Gasteiger partial charge is 0.477 e. The first-order chi connectivity index (χ1) is 7.99. The van der Waals surface area contributed by atoms with Crippen molar-refractivity contribution >= 4 is 33.2 Å². The first kappa shape index (κ1) is 12.3. The number of hydrogen-bond donors (Lipinski definition) is 1. The lowest BCUT2D eigenvalue weighted by molar-refractivity contribution is 0.0702. The summed E-state index contributed by atoms with van der Waals surface area (Å²) >= 11 is 4.36. The number of carboxylic acid groups (broad SMARTS) is 1. The second kappa shape index (κ2) is 4.58. The van der Waals surface area contributed by atoms with E-state index in [4.69, 9.17) is 5.11 Å². The Kier molecular flexibility index (Phi) is 3.31. The van der Waals surface area contributed by atoms with Crippen LogP contribution in [-0.4, -0.2) is 16.1 Å². The summed E-state index contributed by atoms with van der Waals surface area (Å²) in [6.45, 7) is 4.02. The molecule has 0 bridgehead atoms. The zero-order valence-electron chi connectivity index (χ0n) is 9.32. The molecule has 0 unspecified atom stereocenters. The molecular weight excluding hydrogens is 302 g/mol. The standard InChI is InChI=1S/C12H10BrNO2S/c1-6-3-4-8(5-7(6)2)9-10(11(15)16)17-12(13)14-9/h3-5H,1-2H3,(H,15,16). The molecule has 0 fully saturated rings. The summed E-state index contributed by atoms with van der Waals surface area (Å²) in [5.74, 6) is -0.943. The van der Waals surface area contributed by atoms with Gasteiger partial charge in [0.1, 0.15) is 4.88 Å². The highest BCUT2D eigenvalue weighted by Crippen LogP contribution is 2.31. The Morgan fingerprint density at radius 3 is 2.65 bits per heavy atom. The Balaban J connectivity index is 2.59. The second-order valence-corrected chi connectivity index (χ2v) is 6.02. The molecule has 0 radical (unpaired) electrons. The highest BCUT2D eigenvalue weighted by Gasteiger charge is 2.17. The van der Waals surface area contributed by atoms with Gasteiger partial charge in [-0.25, -0.2) is 9.78 Å². The van der Waals surface area contributed by atoms with E-state index in [0.717, 1.165) is 22.5 Å². The molecule has 5 heteroatoms. The van der Waals surface area contributed by atoms with Crippen molar-refractivity contribution < 1.29 is 9.90 Å². The van der Waals surface area contributed by atoms with Crippen LogP contribution in [-0.2, 0) is 0 Å². The van der Waals surface area contributed by atoms with E-state index in [1.165, 1.54) is 5.56 Å². The zero-order chi connectivity index (χ0) is 12.6. The molecule has 0 atom stereocenters. The Hall–Kier alpha value is -1.20. The summed E-state index contributed by atoms with van der Waals surface area (Å²) in [5.41, 5.74) is 3.67. The summed E-state index contributed by atoms with van der Waals surface area (Å²) in [6.07, 6.45) is 0. The summed E-state index contributed by atoms with van der Waals surface area (Å²) < 4.78 is 0.586. The summed E-state index contributed by atoms with van der Waals surface area (Å²) in [4.78, 5) is 15.6. The van der Waals surface area contributed by atoms with Crippen LogP contribution in [0.3, 0.4) is 0 Å². The summed E-state index contributed by atoms with van der Waals surface area (Å²) in [5, 5.41) is 9.11. The monoisotopic (exact) mass is 311 g/mol. The number of hydrogen-bond acceptors (Lipinski definition) is 3. The van der Waals surface area contributed by atoms with Gasteiger partial charge in [-0.3, -0.25) is 0 Å². The van der Waals surface area contributed by atoms with Crippen LogP contribution in [0.5, 0.6) is 0 Å². The molecule has 88 valence electrons. The van der Waals surface area contributed by atoms with Gasteiger partial charge in [0.25, 0.3) is 0 Å². The average molecular weight is 312 g/mol. The third-order valence-electron chi connectivity index (χ3n) is 2.58. The van der Waals surface area contributed by atoms with E-state index in [1.807, 2.05) is 32.0 Å². The van der Waals surface area contributed by atoms with Crippen LogP contribution >= 0.6 is 27.3 Å². The first-order valence-electron chi connectivity index (χ1n) is 4.96. The molecule has 0 aliphatic carbocycles. The van der Waals surface area contributed by atoms with E-state index in [2.05, 4.69) is 20.9 Å². The number of aromatic carboxylic acids is 1. The van der Waals surface area contributed by atoms with Gasteiger partial charge in [-0.1, -0.05) is 23.5 Å². The van der Waals surface area contributed by atoms with E-state index in [0.29, 0.717) is 9.61 Å². The van der Waals surface area contributed by atoms with E-state index < -0.39 is 5.97 Å². The lowest BCUT2D eigenvalue weighted by Crippen LogP contribution is -1.96. The Bertz CT molecular complexity index is 592. The summed E-state index contributed by atoms with van der Waals surface area (Å²) in [6, 6.07) is 5.84. The number of benzene rings is 1. The third kappa shape index (κ3) is 2.40. The van der Waals surface area contributed by atoms with Crippen LogP contribution < -0.4 is 0 Å². The number of thiazole rings is 1. The average Bonchev–Trinajstić information content (AvgIpc) is 2.64. The lowest BCUT2D eigenvalue weighted by atomic mass is 10.0. The molecule has 1 N–H and O–H groups in total. The van der Waals surface area contributed by atoms with Gasteiger partial charge in [0, 0.05) is 5.56 Å². The van der Waals surface area contributed by atoms with Gasteiger partial charge in [-0.15, -0.1) is 0 Å². The number of carbonyl (C=O) groups is 1. The number of aryl methyl sites for hydroxylation is 2. The fourth-order valence-electron chi connectivity index (χ4n) is 1.52.